The van der Waals surface area contributed by atoms with Crippen molar-refractivity contribution in [1.29, 1.82) is 0 Å². The van der Waals surface area contributed by atoms with Crippen molar-refractivity contribution in [2.24, 2.45) is 0 Å². The third-order valence-corrected chi connectivity index (χ3v) is 6.23. The first-order valence-electron chi connectivity index (χ1n) is 11.0. The Kier molecular flexibility index (Phi) is 6.75. The van der Waals surface area contributed by atoms with Gasteiger partial charge in [0, 0.05) is 45.3 Å². The van der Waals surface area contributed by atoms with Gasteiger partial charge in [-0.3, -0.25) is 9.80 Å². The van der Waals surface area contributed by atoms with E-state index >= 15 is 0 Å². The minimum Gasteiger partial charge on any atom is -0.504 e. The van der Waals surface area contributed by atoms with Crippen molar-refractivity contribution in [3.05, 3.63) is 53.8 Å². The van der Waals surface area contributed by atoms with Crippen LogP contribution in [0.2, 0.25) is 0 Å². The van der Waals surface area contributed by atoms with E-state index in [1.807, 2.05) is 31.2 Å². The summed E-state index contributed by atoms with van der Waals surface area (Å²) in [6.07, 6.45) is 2.41. The van der Waals surface area contributed by atoms with Crippen molar-refractivity contribution in [3.63, 3.8) is 0 Å². The highest BCUT2D eigenvalue weighted by atomic mass is 19.1. The number of hydrogen-bond donors (Lipinski definition) is 1. The lowest BCUT2D eigenvalue weighted by Crippen LogP contribution is -2.55. The summed E-state index contributed by atoms with van der Waals surface area (Å²) in [4.78, 5) is 7.24. The molecule has 2 aromatic carbocycles. The zero-order valence-electron chi connectivity index (χ0n) is 17.8. The molecule has 2 heterocycles. The molecule has 0 spiro atoms. The topological polar surface area (TPSA) is 39.2 Å². The molecule has 0 radical (unpaired) electrons. The Labute approximate surface area is 178 Å². The molecule has 0 aliphatic carbocycles. The number of piperazine rings is 1. The molecule has 30 heavy (non-hydrogen) atoms. The second kappa shape index (κ2) is 9.67. The summed E-state index contributed by atoms with van der Waals surface area (Å²) in [5, 5.41) is 9.93. The number of ether oxygens (including phenoxy) is 1. The number of nitrogens with zero attached hydrogens (tertiary/aromatic N) is 3. The summed E-state index contributed by atoms with van der Waals surface area (Å²) >= 11 is 0. The average molecular weight is 414 g/mol. The van der Waals surface area contributed by atoms with Crippen molar-refractivity contribution in [1.82, 2.24) is 9.80 Å². The SMILES string of the molecule is CCOc1cc(CN2CCC[C@@H](N3CCN(c4ccccc4F)CC3)C2)ccc1O. The molecule has 2 saturated heterocycles. The van der Waals surface area contributed by atoms with Crippen molar-refractivity contribution < 1.29 is 14.2 Å². The summed E-state index contributed by atoms with van der Waals surface area (Å²) in [5.41, 5.74) is 1.89. The van der Waals surface area contributed by atoms with E-state index in [1.54, 1.807) is 18.2 Å². The molecule has 0 bridgehead atoms. The maximum atomic E-state index is 14.1. The third-order valence-electron chi connectivity index (χ3n) is 6.23. The average Bonchev–Trinajstić information content (AvgIpc) is 2.77. The molecular formula is C24H32FN3O2. The zero-order chi connectivity index (χ0) is 20.9. The van der Waals surface area contributed by atoms with Gasteiger partial charge < -0.3 is 14.7 Å². The number of hydrogen-bond acceptors (Lipinski definition) is 5. The van der Waals surface area contributed by atoms with Crippen LogP contribution in [-0.4, -0.2) is 66.8 Å². The van der Waals surface area contributed by atoms with E-state index in [4.69, 9.17) is 4.74 Å². The van der Waals surface area contributed by atoms with Crippen LogP contribution in [0.25, 0.3) is 0 Å². The maximum absolute atomic E-state index is 14.1. The van der Waals surface area contributed by atoms with Gasteiger partial charge >= 0.3 is 0 Å². The predicted molar refractivity (Wildman–Crippen MR) is 118 cm³/mol. The second-order valence-electron chi connectivity index (χ2n) is 8.24. The van der Waals surface area contributed by atoms with E-state index in [9.17, 15) is 9.50 Å². The highest BCUT2D eigenvalue weighted by Crippen LogP contribution is 2.28. The summed E-state index contributed by atoms with van der Waals surface area (Å²) in [6, 6.07) is 13.3. The van der Waals surface area contributed by atoms with Crippen LogP contribution in [-0.2, 0) is 6.54 Å². The van der Waals surface area contributed by atoms with E-state index in [0.29, 0.717) is 18.4 Å². The van der Waals surface area contributed by atoms with Gasteiger partial charge in [0.2, 0.25) is 0 Å². The molecule has 0 amide bonds. The molecule has 6 heteroatoms. The number of para-hydroxylation sites is 1. The van der Waals surface area contributed by atoms with Crippen LogP contribution < -0.4 is 9.64 Å². The first-order chi connectivity index (χ1) is 14.6. The fourth-order valence-electron chi connectivity index (χ4n) is 4.70. The number of halogens is 1. The van der Waals surface area contributed by atoms with Crippen LogP contribution in [0.5, 0.6) is 11.5 Å². The van der Waals surface area contributed by atoms with E-state index in [-0.39, 0.29) is 11.6 Å². The Balaban J connectivity index is 1.32. The third kappa shape index (κ3) is 4.87. The Hall–Kier alpha value is -2.31. The molecule has 2 aliphatic rings. The van der Waals surface area contributed by atoms with Crippen LogP contribution in [0.3, 0.4) is 0 Å². The zero-order valence-corrected chi connectivity index (χ0v) is 17.8. The first-order valence-corrected chi connectivity index (χ1v) is 11.0. The lowest BCUT2D eigenvalue weighted by Gasteiger charge is -2.44. The minimum atomic E-state index is -0.130. The standard InChI is InChI=1S/C24H32FN3O2/c1-2-30-24-16-19(9-10-23(24)29)17-26-11-5-6-20(18-26)27-12-14-28(15-13-27)22-8-4-3-7-21(22)25/h3-4,7-10,16,20,29H,2,5-6,11-15,17-18H2,1H3/t20-/m1/s1. The number of phenols is 1. The Morgan fingerprint density at radius 2 is 1.87 bits per heavy atom. The van der Waals surface area contributed by atoms with Gasteiger partial charge in [-0.1, -0.05) is 18.2 Å². The quantitative estimate of drug-likeness (QED) is 0.782. The molecule has 0 aromatic heterocycles. The highest BCUT2D eigenvalue weighted by Gasteiger charge is 2.28. The van der Waals surface area contributed by atoms with Crippen molar-refractivity contribution >= 4 is 5.69 Å². The van der Waals surface area contributed by atoms with Crippen molar-refractivity contribution in [2.75, 3.05) is 50.8 Å². The van der Waals surface area contributed by atoms with Gasteiger partial charge in [-0.25, -0.2) is 4.39 Å². The van der Waals surface area contributed by atoms with Crippen LogP contribution in [0, 0.1) is 5.82 Å². The number of anilines is 1. The molecule has 4 rings (SSSR count). The summed E-state index contributed by atoms with van der Waals surface area (Å²) < 4.78 is 19.6. The van der Waals surface area contributed by atoms with Gasteiger partial charge in [0.05, 0.1) is 12.3 Å². The number of phenolic OH excluding ortho intramolecular Hbond substituents is 1. The molecule has 2 fully saturated rings. The smallest absolute Gasteiger partial charge is 0.161 e. The van der Waals surface area contributed by atoms with Crippen LogP contribution >= 0.6 is 0 Å². The Bertz CT molecular complexity index is 839. The van der Waals surface area contributed by atoms with Gasteiger partial charge in [-0.2, -0.15) is 0 Å². The van der Waals surface area contributed by atoms with Gasteiger partial charge in [-0.05, 0) is 56.1 Å². The van der Waals surface area contributed by atoms with Crippen LogP contribution in [0.15, 0.2) is 42.5 Å². The number of likely N-dealkylation sites (tertiary alicyclic amines) is 1. The van der Waals surface area contributed by atoms with Gasteiger partial charge in [-0.15, -0.1) is 0 Å². The van der Waals surface area contributed by atoms with E-state index in [0.717, 1.165) is 51.5 Å². The molecule has 0 unspecified atom stereocenters. The molecule has 1 atom stereocenters. The van der Waals surface area contributed by atoms with Gasteiger partial charge in [0.15, 0.2) is 11.5 Å². The summed E-state index contributed by atoms with van der Waals surface area (Å²) in [5.74, 6) is 0.632. The van der Waals surface area contributed by atoms with Gasteiger partial charge in [0.25, 0.3) is 0 Å². The molecule has 2 aliphatic heterocycles. The number of aromatic hydroxyl groups is 1. The molecule has 0 saturated carbocycles. The fraction of sp³-hybridized carbons (Fsp3) is 0.500. The number of benzene rings is 2. The van der Waals surface area contributed by atoms with Crippen LogP contribution in [0.1, 0.15) is 25.3 Å². The van der Waals surface area contributed by atoms with Gasteiger partial charge in [0.1, 0.15) is 5.82 Å². The van der Waals surface area contributed by atoms with E-state index < -0.39 is 0 Å². The lowest BCUT2D eigenvalue weighted by molar-refractivity contribution is 0.0886. The molecule has 162 valence electrons. The maximum Gasteiger partial charge on any atom is 0.161 e. The molecule has 1 N–H and O–H groups in total. The normalized spacial score (nSPS) is 21.0. The van der Waals surface area contributed by atoms with Crippen LogP contribution in [0.4, 0.5) is 10.1 Å². The molecule has 5 nitrogen and oxygen atoms in total. The fourth-order valence-corrected chi connectivity index (χ4v) is 4.70. The lowest BCUT2D eigenvalue weighted by atomic mass is 10.0. The minimum absolute atomic E-state index is 0.130. The molecular weight excluding hydrogens is 381 g/mol. The Morgan fingerprint density at radius 1 is 1.07 bits per heavy atom. The van der Waals surface area contributed by atoms with E-state index in [2.05, 4.69) is 14.7 Å². The predicted octanol–water partition coefficient (Wildman–Crippen LogP) is 3.72. The number of rotatable bonds is 6. The second-order valence-corrected chi connectivity index (χ2v) is 8.24. The first kappa shape index (κ1) is 20.9. The summed E-state index contributed by atoms with van der Waals surface area (Å²) in [6.45, 7) is 9.16. The molecule has 2 aromatic rings. The monoisotopic (exact) mass is 413 g/mol. The number of piperidine rings is 1. The highest BCUT2D eigenvalue weighted by molar-refractivity contribution is 5.48. The summed E-state index contributed by atoms with van der Waals surface area (Å²) in [7, 11) is 0. The Morgan fingerprint density at radius 3 is 2.63 bits per heavy atom. The largest absolute Gasteiger partial charge is 0.504 e. The van der Waals surface area contributed by atoms with E-state index in [1.165, 1.54) is 18.4 Å². The van der Waals surface area contributed by atoms with Crippen molar-refractivity contribution in [3.8, 4) is 11.5 Å². The van der Waals surface area contributed by atoms with Crippen molar-refractivity contribution in [2.45, 2.75) is 32.4 Å².